The van der Waals surface area contributed by atoms with Gasteiger partial charge in [0.25, 0.3) is 0 Å². The van der Waals surface area contributed by atoms with Crippen molar-refractivity contribution in [1.82, 2.24) is 15.1 Å². The van der Waals surface area contributed by atoms with Crippen molar-refractivity contribution in [3.63, 3.8) is 0 Å². The number of thioether (sulfide) groups is 1. The van der Waals surface area contributed by atoms with Crippen LogP contribution in [0.25, 0.3) is 16.3 Å². The molecule has 0 spiro atoms. The van der Waals surface area contributed by atoms with Crippen LogP contribution in [0.3, 0.4) is 0 Å². The number of halogens is 3. The van der Waals surface area contributed by atoms with Gasteiger partial charge < -0.3 is 5.32 Å². The van der Waals surface area contributed by atoms with E-state index in [1.807, 2.05) is 17.8 Å². The summed E-state index contributed by atoms with van der Waals surface area (Å²) in [4.78, 5) is 1.60. The van der Waals surface area contributed by atoms with E-state index in [1.54, 1.807) is 6.07 Å². The maximum atomic E-state index is 12.8. The average Bonchev–Trinajstić information content (AvgIpc) is 3.09. The molecular formula is C15H18F3N3S2. The summed E-state index contributed by atoms with van der Waals surface area (Å²) in [6.45, 7) is 6.89. The number of nitrogens with one attached hydrogen (secondary N) is 1. The van der Waals surface area contributed by atoms with Gasteiger partial charge in [0.15, 0.2) is 0 Å². The molecule has 8 heteroatoms. The molecule has 2 aromatic heterocycles. The zero-order valence-corrected chi connectivity index (χ0v) is 14.5. The van der Waals surface area contributed by atoms with Gasteiger partial charge in [0.1, 0.15) is 11.4 Å². The molecule has 0 bridgehead atoms. The Morgan fingerprint density at radius 3 is 2.78 bits per heavy atom. The molecule has 0 fully saturated rings. The van der Waals surface area contributed by atoms with Crippen molar-refractivity contribution in [3.05, 3.63) is 35.3 Å². The van der Waals surface area contributed by atoms with Crippen molar-refractivity contribution in [3.8, 4) is 10.6 Å². The Hall–Kier alpha value is -1.41. The highest BCUT2D eigenvalue weighted by Crippen LogP contribution is 2.35. The number of hydrogen-bond donors (Lipinski definition) is 1. The van der Waals surface area contributed by atoms with Crippen molar-refractivity contribution < 1.29 is 13.2 Å². The van der Waals surface area contributed by atoms with Crippen LogP contribution in [0.1, 0.15) is 17.5 Å². The fourth-order valence-electron chi connectivity index (χ4n) is 2.00. The number of nitrogens with zero attached hydrogens (tertiary/aromatic N) is 2. The summed E-state index contributed by atoms with van der Waals surface area (Å²) in [6.07, 6.45) is -4.40. The summed E-state index contributed by atoms with van der Waals surface area (Å²) in [5.74, 6) is 2.06. The van der Waals surface area contributed by atoms with Crippen LogP contribution in [0.5, 0.6) is 0 Å². The van der Waals surface area contributed by atoms with Gasteiger partial charge in [-0.25, -0.2) is 0 Å². The van der Waals surface area contributed by atoms with Gasteiger partial charge in [-0.05, 0) is 24.0 Å². The number of alkyl halides is 3. The summed E-state index contributed by atoms with van der Waals surface area (Å²) in [6, 6.07) is 4.70. The Morgan fingerprint density at radius 1 is 1.43 bits per heavy atom. The first-order valence-electron chi connectivity index (χ1n) is 7.05. The molecule has 0 saturated carbocycles. The number of thiophene rings is 1. The number of aromatic nitrogens is 2. The molecule has 23 heavy (non-hydrogen) atoms. The molecule has 3 nitrogen and oxygen atoms in total. The highest BCUT2D eigenvalue weighted by atomic mass is 32.2. The second-order valence-corrected chi connectivity index (χ2v) is 7.28. The second-order valence-electron chi connectivity index (χ2n) is 4.80. The van der Waals surface area contributed by atoms with E-state index in [0.29, 0.717) is 10.6 Å². The third-order valence-electron chi connectivity index (χ3n) is 3.12. The van der Waals surface area contributed by atoms with Crippen LogP contribution in [0.2, 0.25) is 0 Å². The molecule has 0 aliphatic rings. The van der Waals surface area contributed by atoms with Gasteiger partial charge in [-0.3, -0.25) is 4.68 Å². The molecule has 0 aromatic carbocycles. The Kier molecular flexibility index (Phi) is 5.80. The smallest absolute Gasteiger partial charge is 0.384 e. The minimum atomic E-state index is -4.40. The molecule has 0 amide bonds. The molecule has 0 radical (unpaired) electrons. The number of rotatable bonds is 7. The minimum Gasteiger partial charge on any atom is -0.384 e. The van der Waals surface area contributed by atoms with Gasteiger partial charge >= 0.3 is 6.18 Å². The lowest BCUT2D eigenvalue weighted by Gasteiger charge is -2.06. The lowest BCUT2D eigenvalue weighted by Crippen LogP contribution is -2.14. The standard InChI is InChI=1S/C15H18F3N3S2/c1-4-22-8-7-19-10(2)12-5-6-13(23-12)11-9-14(15(16,17)18)21(3)20-11/h5-6,9,19H,2,4,7-8H2,1,3H3. The molecule has 0 atom stereocenters. The molecule has 0 unspecified atom stereocenters. The molecular weight excluding hydrogens is 343 g/mol. The minimum absolute atomic E-state index is 0.324. The van der Waals surface area contributed by atoms with Gasteiger partial charge in [0.05, 0.1) is 9.75 Å². The predicted molar refractivity (Wildman–Crippen MR) is 91.6 cm³/mol. The first kappa shape index (κ1) is 17.9. The van der Waals surface area contributed by atoms with Crippen LogP contribution in [0, 0.1) is 0 Å². The summed E-state index contributed by atoms with van der Waals surface area (Å²) in [5, 5.41) is 7.19. The molecule has 0 aliphatic heterocycles. The normalized spacial score (nSPS) is 11.7. The zero-order valence-electron chi connectivity index (χ0n) is 12.9. The van der Waals surface area contributed by atoms with Crippen molar-refractivity contribution in [2.24, 2.45) is 7.05 Å². The van der Waals surface area contributed by atoms with Gasteiger partial charge in [-0.2, -0.15) is 30.0 Å². The third-order valence-corrected chi connectivity index (χ3v) is 5.18. The van der Waals surface area contributed by atoms with Crippen LogP contribution >= 0.6 is 23.1 Å². The summed E-state index contributed by atoms with van der Waals surface area (Å²) in [7, 11) is 1.30. The van der Waals surface area contributed by atoms with Gasteiger partial charge in [0, 0.05) is 25.0 Å². The van der Waals surface area contributed by atoms with E-state index in [9.17, 15) is 13.2 Å². The van der Waals surface area contributed by atoms with Crippen LogP contribution in [0.15, 0.2) is 24.8 Å². The Balaban J connectivity index is 2.09. The van der Waals surface area contributed by atoms with Gasteiger partial charge in [-0.1, -0.05) is 13.5 Å². The topological polar surface area (TPSA) is 29.9 Å². The molecule has 2 aromatic rings. The van der Waals surface area contributed by atoms with E-state index in [-0.39, 0.29) is 0 Å². The summed E-state index contributed by atoms with van der Waals surface area (Å²) in [5.41, 5.74) is 0.353. The van der Waals surface area contributed by atoms with Crippen molar-refractivity contribution >= 4 is 28.8 Å². The highest BCUT2D eigenvalue weighted by molar-refractivity contribution is 7.99. The van der Waals surface area contributed by atoms with Crippen molar-refractivity contribution in [2.75, 3.05) is 18.1 Å². The fraction of sp³-hybridized carbons (Fsp3) is 0.400. The third kappa shape index (κ3) is 4.54. The van der Waals surface area contributed by atoms with E-state index in [0.717, 1.165) is 39.4 Å². The highest BCUT2D eigenvalue weighted by Gasteiger charge is 2.35. The maximum Gasteiger partial charge on any atom is 0.433 e. The number of aryl methyl sites for hydroxylation is 1. The Morgan fingerprint density at radius 2 is 2.17 bits per heavy atom. The number of hydrogen-bond acceptors (Lipinski definition) is 4. The van der Waals surface area contributed by atoms with Gasteiger partial charge in [0.2, 0.25) is 0 Å². The quantitative estimate of drug-likeness (QED) is 0.738. The largest absolute Gasteiger partial charge is 0.433 e. The van der Waals surface area contributed by atoms with Crippen LogP contribution in [0.4, 0.5) is 13.2 Å². The van der Waals surface area contributed by atoms with E-state index in [2.05, 4.69) is 23.9 Å². The van der Waals surface area contributed by atoms with E-state index >= 15 is 0 Å². The Labute approximate surface area is 141 Å². The Bertz CT molecular complexity index is 674. The molecule has 0 saturated heterocycles. The summed E-state index contributed by atoms with van der Waals surface area (Å²) < 4.78 is 39.4. The maximum absolute atomic E-state index is 12.8. The predicted octanol–water partition coefficient (Wildman–Crippen LogP) is 4.48. The molecule has 1 N–H and O–H groups in total. The van der Waals surface area contributed by atoms with Crippen LogP contribution < -0.4 is 5.32 Å². The molecule has 2 heterocycles. The van der Waals surface area contributed by atoms with E-state index in [1.165, 1.54) is 18.4 Å². The SMILES string of the molecule is C=C(NCCSCC)c1ccc(-c2cc(C(F)(F)F)n(C)n2)s1. The molecule has 126 valence electrons. The molecule has 0 aliphatic carbocycles. The first-order valence-corrected chi connectivity index (χ1v) is 9.02. The summed E-state index contributed by atoms with van der Waals surface area (Å²) >= 11 is 3.21. The van der Waals surface area contributed by atoms with E-state index < -0.39 is 11.9 Å². The monoisotopic (exact) mass is 361 g/mol. The van der Waals surface area contributed by atoms with Crippen LogP contribution in [-0.4, -0.2) is 27.8 Å². The lowest BCUT2D eigenvalue weighted by atomic mass is 10.3. The second kappa shape index (κ2) is 7.44. The van der Waals surface area contributed by atoms with Gasteiger partial charge in [-0.15, -0.1) is 11.3 Å². The fourth-order valence-corrected chi connectivity index (χ4v) is 3.44. The van der Waals surface area contributed by atoms with Crippen molar-refractivity contribution in [1.29, 1.82) is 0 Å². The first-order chi connectivity index (χ1) is 10.8. The average molecular weight is 361 g/mol. The zero-order chi connectivity index (χ0) is 17.0. The lowest BCUT2D eigenvalue weighted by molar-refractivity contribution is -0.143. The van der Waals surface area contributed by atoms with E-state index in [4.69, 9.17) is 0 Å². The van der Waals surface area contributed by atoms with Crippen LogP contribution in [-0.2, 0) is 13.2 Å². The van der Waals surface area contributed by atoms with Crippen molar-refractivity contribution in [2.45, 2.75) is 13.1 Å². The molecule has 2 rings (SSSR count).